The van der Waals surface area contributed by atoms with Crippen LogP contribution in [0.4, 0.5) is 5.69 Å². The van der Waals surface area contributed by atoms with Crippen molar-refractivity contribution in [3.05, 3.63) is 39.9 Å². The first kappa shape index (κ1) is 14.4. The summed E-state index contributed by atoms with van der Waals surface area (Å²) < 4.78 is 0. The van der Waals surface area contributed by atoms with Crippen molar-refractivity contribution < 1.29 is 4.92 Å². The van der Waals surface area contributed by atoms with Crippen LogP contribution >= 0.6 is 0 Å². The molecular weight excluding hydrogens is 268 g/mol. The Morgan fingerprint density at radius 1 is 1.14 bits per heavy atom. The molecule has 3 rings (SSSR count). The highest BCUT2D eigenvalue weighted by atomic mass is 16.6. The van der Waals surface area contributed by atoms with Crippen molar-refractivity contribution in [3.63, 3.8) is 0 Å². The zero-order valence-electron chi connectivity index (χ0n) is 12.2. The fraction of sp³-hybridized carbons (Fsp3) is 0.600. The second kappa shape index (κ2) is 6.51. The van der Waals surface area contributed by atoms with E-state index in [4.69, 9.17) is 0 Å². The van der Waals surface area contributed by atoms with Crippen LogP contribution in [0.25, 0.3) is 0 Å². The first-order chi connectivity index (χ1) is 10.2. The molecule has 0 amide bonds. The summed E-state index contributed by atoms with van der Waals surface area (Å²) in [5.41, 5.74) is 1.34. The molecule has 0 saturated carbocycles. The molecule has 6 heteroatoms. The van der Waals surface area contributed by atoms with E-state index in [0.717, 1.165) is 58.3 Å². The lowest BCUT2D eigenvalue weighted by Crippen LogP contribution is -2.61. The second-order valence-electron chi connectivity index (χ2n) is 5.86. The van der Waals surface area contributed by atoms with Crippen LogP contribution in [0.1, 0.15) is 5.56 Å². The number of hydrogen-bond donors (Lipinski definition) is 1. The van der Waals surface area contributed by atoms with Crippen molar-refractivity contribution in [1.29, 1.82) is 0 Å². The number of nitro benzene ring substituents is 1. The number of nitrogens with one attached hydrogen (secondary N) is 1. The van der Waals surface area contributed by atoms with Crippen molar-refractivity contribution in [1.82, 2.24) is 15.1 Å². The highest BCUT2D eigenvalue weighted by molar-refractivity contribution is 5.32. The molecule has 114 valence electrons. The van der Waals surface area contributed by atoms with Gasteiger partial charge in [-0.25, -0.2) is 0 Å². The number of rotatable bonds is 5. The van der Waals surface area contributed by atoms with Gasteiger partial charge in [-0.3, -0.25) is 15.0 Å². The average molecular weight is 290 g/mol. The molecule has 0 atom stereocenters. The van der Waals surface area contributed by atoms with Crippen LogP contribution in [-0.4, -0.2) is 66.6 Å². The fourth-order valence-electron chi connectivity index (χ4n) is 2.96. The number of nitrogens with zero attached hydrogens (tertiary/aromatic N) is 3. The standard InChI is InChI=1S/C15H22N4O2/c20-19(21)14-3-1-13(2-4-14)5-6-17-7-9-18(10-8-17)15-11-16-12-15/h1-4,15-16H,5-12H2. The molecule has 0 bridgehead atoms. The van der Waals surface area contributed by atoms with Gasteiger partial charge in [-0.2, -0.15) is 0 Å². The first-order valence-corrected chi connectivity index (χ1v) is 7.63. The maximum absolute atomic E-state index is 10.6. The van der Waals surface area contributed by atoms with E-state index < -0.39 is 0 Å². The minimum Gasteiger partial charge on any atom is -0.314 e. The third-order valence-electron chi connectivity index (χ3n) is 4.55. The molecule has 21 heavy (non-hydrogen) atoms. The lowest BCUT2D eigenvalue weighted by Gasteiger charge is -2.43. The van der Waals surface area contributed by atoms with E-state index in [1.807, 2.05) is 12.1 Å². The average Bonchev–Trinajstić information content (AvgIpc) is 2.45. The van der Waals surface area contributed by atoms with E-state index >= 15 is 0 Å². The molecule has 0 aliphatic carbocycles. The Morgan fingerprint density at radius 2 is 1.81 bits per heavy atom. The van der Waals surface area contributed by atoms with Crippen LogP contribution in [0, 0.1) is 10.1 Å². The zero-order chi connectivity index (χ0) is 14.7. The van der Waals surface area contributed by atoms with E-state index in [1.54, 1.807) is 12.1 Å². The van der Waals surface area contributed by atoms with Gasteiger partial charge < -0.3 is 10.2 Å². The minimum atomic E-state index is -0.349. The molecule has 1 aromatic carbocycles. The molecule has 0 spiro atoms. The molecule has 0 radical (unpaired) electrons. The Hall–Kier alpha value is -1.50. The molecular formula is C15H22N4O2. The van der Waals surface area contributed by atoms with Gasteiger partial charge in [0.05, 0.1) is 4.92 Å². The molecule has 2 aliphatic rings. The predicted molar refractivity (Wildman–Crippen MR) is 81.5 cm³/mol. The van der Waals surface area contributed by atoms with Gasteiger partial charge in [0, 0.05) is 64.0 Å². The molecule has 2 fully saturated rings. The number of non-ortho nitro benzene ring substituents is 1. The van der Waals surface area contributed by atoms with Crippen molar-refractivity contribution in [2.75, 3.05) is 45.8 Å². The lowest BCUT2D eigenvalue weighted by atomic mass is 10.1. The van der Waals surface area contributed by atoms with Crippen LogP contribution in [0.3, 0.4) is 0 Å². The fourth-order valence-corrected chi connectivity index (χ4v) is 2.96. The summed E-state index contributed by atoms with van der Waals surface area (Å²) in [7, 11) is 0. The number of nitro groups is 1. The van der Waals surface area contributed by atoms with Gasteiger partial charge in [-0.1, -0.05) is 12.1 Å². The molecule has 0 unspecified atom stereocenters. The normalized spacial score (nSPS) is 21.1. The number of hydrogen-bond acceptors (Lipinski definition) is 5. The molecule has 6 nitrogen and oxygen atoms in total. The Balaban J connectivity index is 1.42. The smallest absolute Gasteiger partial charge is 0.269 e. The monoisotopic (exact) mass is 290 g/mol. The second-order valence-corrected chi connectivity index (χ2v) is 5.86. The highest BCUT2D eigenvalue weighted by Gasteiger charge is 2.27. The van der Waals surface area contributed by atoms with Crippen LogP contribution in [0.15, 0.2) is 24.3 Å². The summed E-state index contributed by atoms with van der Waals surface area (Å²) in [6, 6.07) is 7.68. The van der Waals surface area contributed by atoms with Crippen LogP contribution in [-0.2, 0) is 6.42 Å². The van der Waals surface area contributed by atoms with Gasteiger partial charge in [0.1, 0.15) is 0 Å². The van der Waals surface area contributed by atoms with Crippen LogP contribution in [0.2, 0.25) is 0 Å². The third-order valence-corrected chi connectivity index (χ3v) is 4.55. The van der Waals surface area contributed by atoms with E-state index in [1.165, 1.54) is 5.56 Å². The van der Waals surface area contributed by atoms with Gasteiger partial charge in [0.25, 0.3) is 5.69 Å². The van der Waals surface area contributed by atoms with Gasteiger partial charge in [0.2, 0.25) is 0 Å². The van der Waals surface area contributed by atoms with E-state index in [-0.39, 0.29) is 10.6 Å². The van der Waals surface area contributed by atoms with Gasteiger partial charge in [0.15, 0.2) is 0 Å². The van der Waals surface area contributed by atoms with Crippen molar-refractivity contribution in [3.8, 4) is 0 Å². The first-order valence-electron chi connectivity index (χ1n) is 7.63. The minimum absolute atomic E-state index is 0.168. The Bertz CT molecular complexity index is 479. The molecule has 2 saturated heterocycles. The summed E-state index contributed by atoms with van der Waals surface area (Å²) in [4.78, 5) is 15.3. The molecule has 0 aromatic heterocycles. The third kappa shape index (κ3) is 3.58. The summed E-state index contributed by atoms with van der Waals surface area (Å²) in [5, 5.41) is 13.9. The summed E-state index contributed by atoms with van der Waals surface area (Å²) >= 11 is 0. The van der Waals surface area contributed by atoms with Crippen LogP contribution < -0.4 is 5.32 Å². The van der Waals surface area contributed by atoms with E-state index in [0.29, 0.717) is 0 Å². The number of benzene rings is 1. The molecule has 1 N–H and O–H groups in total. The Labute approximate surface area is 124 Å². The molecule has 2 aliphatic heterocycles. The summed E-state index contributed by atoms with van der Waals surface area (Å²) in [5.74, 6) is 0. The van der Waals surface area contributed by atoms with Gasteiger partial charge >= 0.3 is 0 Å². The topological polar surface area (TPSA) is 61.7 Å². The van der Waals surface area contributed by atoms with Crippen molar-refractivity contribution in [2.24, 2.45) is 0 Å². The highest BCUT2D eigenvalue weighted by Crippen LogP contribution is 2.14. The molecule has 2 heterocycles. The van der Waals surface area contributed by atoms with E-state index in [2.05, 4.69) is 15.1 Å². The van der Waals surface area contributed by atoms with Gasteiger partial charge in [-0.05, 0) is 12.0 Å². The largest absolute Gasteiger partial charge is 0.314 e. The van der Waals surface area contributed by atoms with E-state index in [9.17, 15) is 10.1 Å². The number of piperazine rings is 1. The quantitative estimate of drug-likeness (QED) is 0.640. The zero-order valence-corrected chi connectivity index (χ0v) is 12.2. The Kier molecular flexibility index (Phi) is 4.48. The van der Waals surface area contributed by atoms with Crippen LogP contribution in [0.5, 0.6) is 0 Å². The Morgan fingerprint density at radius 3 is 2.33 bits per heavy atom. The maximum atomic E-state index is 10.6. The van der Waals surface area contributed by atoms with Gasteiger partial charge in [-0.15, -0.1) is 0 Å². The lowest BCUT2D eigenvalue weighted by molar-refractivity contribution is -0.384. The molecule has 1 aromatic rings. The van der Waals surface area contributed by atoms with Crippen molar-refractivity contribution in [2.45, 2.75) is 12.5 Å². The summed E-state index contributed by atoms with van der Waals surface area (Å²) in [6.07, 6.45) is 0.961. The SMILES string of the molecule is O=[N+]([O-])c1ccc(CCN2CCN(C3CNC3)CC2)cc1. The van der Waals surface area contributed by atoms with Crippen molar-refractivity contribution >= 4 is 5.69 Å². The predicted octanol–water partition coefficient (Wildman–Crippen LogP) is 0.727. The maximum Gasteiger partial charge on any atom is 0.269 e. The summed E-state index contributed by atoms with van der Waals surface area (Å²) in [6.45, 7) is 7.90.